The van der Waals surface area contributed by atoms with E-state index in [0.717, 1.165) is 63.7 Å². The molecule has 0 fully saturated rings. The SMILES string of the molecule is CCCCCCCCCCCCCCCCC(=O)OC[C@@H](COC(=O)CCCCCCCCCCCCCCC(C)C)OC(=O)CCCCCCCCCCCCC. The van der Waals surface area contributed by atoms with Crippen LogP contribution in [0.4, 0.5) is 0 Å². The quantitative estimate of drug-likeness (QED) is 0.0346. The Bertz CT molecular complexity index is 872. The van der Waals surface area contributed by atoms with Crippen LogP contribution in [0.25, 0.3) is 0 Å². The van der Waals surface area contributed by atoms with E-state index in [2.05, 4.69) is 27.7 Å². The summed E-state index contributed by atoms with van der Waals surface area (Å²) in [7, 11) is 0. The third-order valence-corrected chi connectivity index (χ3v) is 11.8. The smallest absolute Gasteiger partial charge is 0.306 e. The van der Waals surface area contributed by atoms with Gasteiger partial charge in [-0.3, -0.25) is 14.4 Å². The Labute approximate surface area is 361 Å². The maximum absolute atomic E-state index is 12.7. The topological polar surface area (TPSA) is 78.9 Å². The van der Waals surface area contributed by atoms with Crippen molar-refractivity contribution in [2.24, 2.45) is 5.92 Å². The maximum atomic E-state index is 12.7. The van der Waals surface area contributed by atoms with E-state index in [4.69, 9.17) is 14.2 Å². The molecule has 6 nitrogen and oxygen atoms in total. The van der Waals surface area contributed by atoms with Crippen LogP contribution in [0.5, 0.6) is 0 Å². The predicted molar refractivity (Wildman–Crippen MR) is 247 cm³/mol. The van der Waals surface area contributed by atoms with Gasteiger partial charge in [0.2, 0.25) is 0 Å². The number of esters is 3. The molecule has 0 aromatic heterocycles. The second-order valence-corrected chi connectivity index (χ2v) is 18.3. The monoisotopic (exact) mass is 821 g/mol. The highest BCUT2D eigenvalue weighted by molar-refractivity contribution is 5.71. The highest BCUT2D eigenvalue weighted by atomic mass is 16.6. The summed E-state index contributed by atoms with van der Waals surface area (Å²) in [6, 6.07) is 0. The minimum atomic E-state index is -0.760. The molecular formula is C52H100O6. The summed E-state index contributed by atoms with van der Waals surface area (Å²) in [6.45, 7) is 9.02. The van der Waals surface area contributed by atoms with Crippen molar-refractivity contribution in [2.75, 3.05) is 13.2 Å². The minimum absolute atomic E-state index is 0.0627. The molecule has 0 spiro atoms. The fourth-order valence-electron chi connectivity index (χ4n) is 7.86. The van der Waals surface area contributed by atoms with Crippen molar-refractivity contribution in [2.45, 2.75) is 297 Å². The summed E-state index contributed by atoms with van der Waals surface area (Å²) in [5.41, 5.74) is 0. The Balaban J connectivity index is 4.29. The van der Waals surface area contributed by atoms with Crippen LogP contribution in [-0.4, -0.2) is 37.2 Å². The average molecular weight is 821 g/mol. The highest BCUT2D eigenvalue weighted by Gasteiger charge is 2.19. The van der Waals surface area contributed by atoms with E-state index in [9.17, 15) is 14.4 Å². The van der Waals surface area contributed by atoms with Crippen molar-refractivity contribution in [1.29, 1.82) is 0 Å². The molecule has 344 valence electrons. The van der Waals surface area contributed by atoms with Crippen LogP contribution in [-0.2, 0) is 28.6 Å². The lowest BCUT2D eigenvalue weighted by molar-refractivity contribution is -0.167. The molecule has 0 aromatic rings. The molecule has 0 amide bonds. The van der Waals surface area contributed by atoms with Gasteiger partial charge < -0.3 is 14.2 Å². The van der Waals surface area contributed by atoms with Crippen molar-refractivity contribution >= 4 is 17.9 Å². The number of hydrogen-bond acceptors (Lipinski definition) is 6. The molecule has 1 atom stereocenters. The van der Waals surface area contributed by atoms with Crippen molar-refractivity contribution in [3.05, 3.63) is 0 Å². The Hall–Kier alpha value is -1.59. The lowest BCUT2D eigenvalue weighted by Gasteiger charge is -2.18. The summed E-state index contributed by atoms with van der Waals surface area (Å²) in [5.74, 6) is -0.0106. The molecule has 0 rings (SSSR count). The van der Waals surface area contributed by atoms with Crippen LogP contribution in [0.2, 0.25) is 0 Å². The zero-order chi connectivity index (χ0) is 42.4. The Morgan fingerprint density at radius 1 is 0.328 bits per heavy atom. The average Bonchev–Trinajstić information content (AvgIpc) is 3.21. The predicted octanol–water partition coefficient (Wildman–Crippen LogP) is 16.7. The lowest BCUT2D eigenvalue weighted by atomic mass is 10.0. The van der Waals surface area contributed by atoms with Gasteiger partial charge in [-0.1, -0.05) is 252 Å². The van der Waals surface area contributed by atoms with E-state index in [1.165, 1.54) is 186 Å². The zero-order valence-corrected chi connectivity index (χ0v) is 39.5. The molecule has 0 aliphatic heterocycles. The maximum Gasteiger partial charge on any atom is 0.306 e. The molecule has 0 aliphatic carbocycles. The van der Waals surface area contributed by atoms with E-state index >= 15 is 0 Å². The van der Waals surface area contributed by atoms with Gasteiger partial charge in [-0.15, -0.1) is 0 Å². The van der Waals surface area contributed by atoms with E-state index < -0.39 is 6.10 Å². The first kappa shape index (κ1) is 56.4. The van der Waals surface area contributed by atoms with E-state index in [0.29, 0.717) is 19.3 Å². The van der Waals surface area contributed by atoms with Crippen molar-refractivity contribution in [3.63, 3.8) is 0 Å². The summed E-state index contributed by atoms with van der Waals surface area (Å²) < 4.78 is 16.8. The molecule has 0 aliphatic rings. The first-order valence-corrected chi connectivity index (χ1v) is 25.9. The summed E-state index contributed by atoms with van der Waals surface area (Å²) >= 11 is 0. The first-order chi connectivity index (χ1) is 28.4. The van der Waals surface area contributed by atoms with Crippen LogP contribution < -0.4 is 0 Å². The number of carbonyl (C=O) groups is 3. The summed E-state index contributed by atoms with van der Waals surface area (Å²) in [6.07, 6.45) is 48.0. The number of rotatable bonds is 47. The van der Waals surface area contributed by atoms with Gasteiger partial charge in [0.05, 0.1) is 0 Å². The second kappa shape index (κ2) is 46.5. The second-order valence-electron chi connectivity index (χ2n) is 18.3. The van der Waals surface area contributed by atoms with E-state index in [1.807, 2.05) is 0 Å². The number of carbonyl (C=O) groups excluding carboxylic acids is 3. The Morgan fingerprint density at radius 2 is 0.569 bits per heavy atom. The normalized spacial score (nSPS) is 11.9. The first-order valence-electron chi connectivity index (χ1n) is 25.9. The van der Waals surface area contributed by atoms with Crippen LogP contribution in [0.3, 0.4) is 0 Å². The summed E-state index contributed by atoms with van der Waals surface area (Å²) in [4.78, 5) is 37.9. The minimum Gasteiger partial charge on any atom is -0.462 e. The van der Waals surface area contributed by atoms with Gasteiger partial charge in [0.25, 0.3) is 0 Å². The molecule has 0 radical (unpaired) electrons. The largest absolute Gasteiger partial charge is 0.462 e. The van der Waals surface area contributed by atoms with Gasteiger partial charge in [0.15, 0.2) is 6.10 Å². The molecule has 0 bridgehead atoms. The number of hydrogen-bond donors (Lipinski definition) is 0. The van der Waals surface area contributed by atoms with E-state index in [-0.39, 0.29) is 31.1 Å². The van der Waals surface area contributed by atoms with E-state index in [1.54, 1.807) is 0 Å². The molecule has 0 N–H and O–H groups in total. The summed E-state index contributed by atoms with van der Waals surface area (Å²) in [5, 5.41) is 0. The third-order valence-electron chi connectivity index (χ3n) is 11.8. The molecule has 0 saturated carbocycles. The number of unbranched alkanes of at least 4 members (excludes halogenated alkanes) is 34. The van der Waals surface area contributed by atoms with Gasteiger partial charge in [-0.05, 0) is 25.2 Å². The van der Waals surface area contributed by atoms with Crippen LogP contribution in [0.15, 0.2) is 0 Å². The zero-order valence-electron chi connectivity index (χ0n) is 39.5. The lowest BCUT2D eigenvalue weighted by Crippen LogP contribution is -2.30. The fraction of sp³-hybridized carbons (Fsp3) is 0.942. The van der Waals surface area contributed by atoms with Gasteiger partial charge in [-0.2, -0.15) is 0 Å². The Kier molecular flexibility index (Phi) is 45.2. The number of ether oxygens (including phenoxy) is 3. The molecule has 0 unspecified atom stereocenters. The Morgan fingerprint density at radius 3 is 0.845 bits per heavy atom. The highest BCUT2D eigenvalue weighted by Crippen LogP contribution is 2.17. The van der Waals surface area contributed by atoms with Crippen LogP contribution in [0, 0.1) is 5.92 Å². The molecule has 0 heterocycles. The molecule has 0 aromatic carbocycles. The van der Waals surface area contributed by atoms with Crippen LogP contribution >= 0.6 is 0 Å². The van der Waals surface area contributed by atoms with Crippen molar-refractivity contribution < 1.29 is 28.6 Å². The van der Waals surface area contributed by atoms with Gasteiger partial charge in [0.1, 0.15) is 13.2 Å². The van der Waals surface area contributed by atoms with Gasteiger partial charge in [-0.25, -0.2) is 0 Å². The van der Waals surface area contributed by atoms with Crippen molar-refractivity contribution in [3.8, 4) is 0 Å². The molecule has 6 heteroatoms. The van der Waals surface area contributed by atoms with Crippen LogP contribution in [0.1, 0.15) is 291 Å². The van der Waals surface area contributed by atoms with Gasteiger partial charge >= 0.3 is 17.9 Å². The molecular weight excluding hydrogens is 721 g/mol. The fourth-order valence-corrected chi connectivity index (χ4v) is 7.86. The molecule has 58 heavy (non-hydrogen) atoms. The molecule has 0 saturated heterocycles. The van der Waals surface area contributed by atoms with Gasteiger partial charge in [0, 0.05) is 19.3 Å². The third kappa shape index (κ3) is 45.5. The van der Waals surface area contributed by atoms with Crippen molar-refractivity contribution in [1.82, 2.24) is 0 Å². The standard InChI is InChI=1S/C52H100O6/c1-5-7-9-11-13-15-17-18-19-24-27-31-35-39-43-50(53)56-46-49(58-52(55)45-41-37-33-29-22-16-14-12-10-8-6-2)47-57-51(54)44-40-36-32-28-25-21-20-23-26-30-34-38-42-48(3)4/h48-49H,5-47H2,1-4H3/t49-/m0/s1.